The third kappa shape index (κ3) is 5.06. The normalized spacial score (nSPS) is 13.5. The first-order chi connectivity index (χ1) is 18.6. The van der Waals surface area contributed by atoms with E-state index >= 15 is 0 Å². The minimum atomic E-state index is -3.69. The van der Waals surface area contributed by atoms with Crippen molar-refractivity contribution in [3.05, 3.63) is 59.0 Å². The lowest BCUT2D eigenvalue weighted by molar-refractivity contribution is 0.0698. The van der Waals surface area contributed by atoms with Crippen molar-refractivity contribution >= 4 is 43.9 Å². The van der Waals surface area contributed by atoms with Gasteiger partial charge in [-0.15, -0.1) is 11.3 Å². The number of sulfonamides is 1. The summed E-state index contributed by atoms with van der Waals surface area (Å²) in [7, 11) is -2.17. The molecule has 1 fully saturated rings. The number of hydrogen-bond donors (Lipinski definition) is 1. The van der Waals surface area contributed by atoms with Gasteiger partial charge >= 0.3 is 5.97 Å². The maximum absolute atomic E-state index is 14.9. The number of nitrogens with zero attached hydrogens (tertiary/aromatic N) is 3. The Labute approximate surface area is 229 Å². The Morgan fingerprint density at radius 3 is 2.67 bits per heavy atom. The number of aromatic carboxylic acids is 1. The number of halogens is 1. The zero-order valence-corrected chi connectivity index (χ0v) is 23.3. The predicted octanol–water partition coefficient (Wildman–Crippen LogP) is 5.32. The van der Waals surface area contributed by atoms with Crippen molar-refractivity contribution < 1.29 is 32.2 Å². The Kier molecular flexibility index (Phi) is 7.25. The van der Waals surface area contributed by atoms with E-state index in [4.69, 9.17) is 9.47 Å². The van der Waals surface area contributed by atoms with Gasteiger partial charge in [0.1, 0.15) is 17.3 Å². The summed E-state index contributed by atoms with van der Waals surface area (Å²) in [4.78, 5) is 16.7. The number of ether oxygens (including phenoxy) is 2. The topological polar surface area (TPSA) is 111 Å². The molecule has 3 heterocycles. The summed E-state index contributed by atoms with van der Waals surface area (Å²) in [6.07, 6.45) is 2.67. The molecular weight excluding hydrogens is 545 g/mol. The van der Waals surface area contributed by atoms with E-state index in [0.717, 1.165) is 17.0 Å². The van der Waals surface area contributed by atoms with Crippen LogP contribution in [0.4, 0.5) is 10.1 Å². The Hall–Kier alpha value is -3.64. The molecule has 0 radical (unpaired) electrons. The first-order valence-corrected chi connectivity index (χ1v) is 14.8. The molecule has 5 rings (SSSR count). The van der Waals surface area contributed by atoms with E-state index in [9.17, 15) is 22.7 Å². The van der Waals surface area contributed by atoms with E-state index in [1.165, 1.54) is 23.7 Å². The van der Waals surface area contributed by atoms with Crippen LogP contribution < -0.4 is 13.8 Å². The Balaban J connectivity index is 1.52. The van der Waals surface area contributed by atoms with Crippen LogP contribution in [0.5, 0.6) is 11.5 Å². The second kappa shape index (κ2) is 10.5. The minimum absolute atomic E-state index is 0.0499. The number of fused-ring (bicyclic) bond motifs is 1. The lowest BCUT2D eigenvalue weighted by Gasteiger charge is -2.25. The zero-order chi connectivity index (χ0) is 27.9. The molecule has 12 heteroatoms. The summed E-state index contributed by atoms with van der Waals surface area (Å²) >= 11 is 1.01. The zero-order valence-electron chi connectivity index (χ0n) is 21.7. The predicted molar refractivity (Wildman–Crippen MR) is 148 cm³/mol. The number of carboxylic acid groups (broad SMARTS) is 1. The molecule has 4 aromatic rings. The average molecular weight is 574 g/mol. The molecule has 0 saturated heterocycles. The van der Waals surface area contributed by atoms with Crippen LogP contribution in [0.1, 0.15) is 35.1 Å². The summed E-state index contributed by atoms with van der Waals surface area (Å²) in [5, 5.41) is 9.71. The van der Waals surface area contributed by atoms with Gasteiger partial charge in [0.2, 0.25) is 10.0 Å². The summed E-state index contributed by atoms with van der Waals surface area (Å²) in [5.41, 5.74) is 1.97. The fraction of sp³-hybridized carbons (Fsp3) is 0.333. The van der Waals surface area contributed by atoms with Crippen LogP contribution in [0.15, 0.2) is 42.6 Å². The monoisotopic (exact) mass is 573 g/mol. The number of methoxy groups -OCH3 is 1. The molecule has 0 amide bonds. The molecule has 1 aliphatic carbocycles. The van der Waals surface area contributed by atoms with Gasteiger partial charge < -0.3 is 19.1 Å². The van der Waals surface area contributed by atoms with Crippen LogP contribution in [-0.4, -0.2) is 54.6 Å². The summed E-state index contributed by atoms with van der Waals surface area (Å²) in [5.74, 6) is -0.745. The Morgan fingerprint density at radius 2 is 2.00 bits per heavy atom. The SMILES string of the molecule is CCOc1cc(-c2cc(N(CCn3c(C)cc4c(OC)ccc(F)c43)S(=O)(=O)C3CC3)ccn2)sc1C(=O)O. The molecule has 0 atom stereocenters. The summed E-state index contributed by atoms with van der Waals surface area (Å²) < 4.78 is 56.0. The van der Waals surface area contributed by atoms with Crippen molar-refractivity contribution in [2.24, 2.45) is 0 Å². The number of carbonyl (C=O) groups is 1. The highest BCUT2D eigenvalue weighted by Crippen LogP contribution is 2.39. The molecule has 3 aromatic heterocycles. The largest absolute Gasteiger partial charge is 0.496 e. The fourth-order valence-corrected chi connectivity index (χ4v) is 7.41. The lowest BCUT2D eigenvalue weighted by Crippen LogP contribution is -2.36. The van der Waals surface area contributed by atoms with Crippen LogP contribution >= 0.6 is 11.3 Å². The number of benzene rings is 1. The minimum Gasteiger partial charge on any atom is -0.496 e. The van der Waals surface area contributed by atoms with Crippen molar-refractivity contribution in [1.29, 1.82) is 0 Å². The van der Waals surface area contributed by atoms with Gasteiger partial charge in [0, 0.05) is 29.9 Å². The van der Waals surface area contributed by atoms with Crippen LogP contribution in [0.3, 0.4) is 0 Å². The number of thiophene rings is 1. The molecule has 0 unspecified atom stereocenters. The van der Waals surface area contributed by atoms with Gasteiger partial charge in [-0.1, -0.05) is 0 Å². The van der Waals surface area contributed by atoms with Gasteiger partial charge in [0.25, 0.3) is 0 Å². The number of carboxylic acids is 1. The molecule has 39 heavy (non-hydrogen) atoms. The molecule has 206 valence electrons. The average Bonchev–Trinajstić information content (AvgIpc) is 3.61. The molecule has 9 nitrogen and oxygen atoms in total. The van der Waals surface area contributed by atoms with Gasteiger partial charge in [-0.25, -0.2) is 17.6 Å². The van der Waals surface area contributed by atoms with Crippen molar-refractivity contribution in [2.45, 2.75) is 38.5 Å². The highest BCUT2D eigenvalue weighted by Gasteiger charge is 2.40. The van der Waals surface area contributed by atoms with E-state index in [-0.39, 0.29) is 23.7 Å². The molecule has 0 bridgehead atoms. The molecule has 1 aliphatic rings. The van der Waals surface area contributed by atoms with Gasteiger partial charge in [0.15, 0.2) is 4.88 Å². The van der Waals surface area contributed by atoms with Crippen molar-refractivity contribution in [1.82, 2.24) is 9.55 Å². The van der Waals surface area contributed by atoms with E-state index in [1.807, 2.05) is 13.0 Å². The Morgan fingerprint density at radius 1 is 1.23 bits per heavy atom. The van der Waals surface area contributed by atoms with Gasteiger partial charge in [-0.2, -0.15) is 0 Å². The summed E-state index contributed by atoms with van der Waals surface area (Å²) in [6, 6.07) is 9.60. The Bertz CT molecular complexity index is 1660. The smallest absolute Gasteiger partial charge is 0.349 e. The maximum Gasteiger partial charge on any atom is 0.349 e. The van der Waals surface area contributed by atoms with Crippen molar-refractivity contribution in [3.8, 4) is 22.1 Å². The first-order valence-electron chi connectivity index (χ1n) is 12.5. The fourth-order valence-electron chi connectivity index (χ4n) is 4.67. The quantitative estimate of drug-likeness (QED) is 0.259. The lowest BCUT2D eigenvalue weighted by atomic mass is 10.2. The van der Waals surface area contributed by atoms with Crippen LogP contribution in [-0.2, 0) is 16.6 Å². The number of anilines is 1. The van der Waals surface area contributed by atoms with E-state index in [0.29, 0.717) is 52.4 Å². The van der Waals surface area contributed by atoms with Crippen molar-refractivity contribution in [2.75, 3.05) is 24.6 Å². The van der Waals surface area contributed by atoms with Gasteiger partial charge in [-0.3, -0.25) is 9.29 Å². The van der Waals surface area contributed by atoms with Crippen molar-refractivity contribution in [3.63, 3.8) is 0 Å². The molecule has 0 aliphatic heterocycles. The van der Waals surface area contributed by atoms with E-state index in [1.54, 1.807) is 35.8 Å². The molecule has 1 N–H and O–H groups in total. The number of aromatic nitrogens is 2. The molecular formula is C27H28FN3O6S2. The second-order valence-corrected chi connectivity index (χ2v) is 12.4. The third-order valence-electron chi connectivity index (χ3n) is 6.65. The summed E-state index contributed by atoms with van der Waals surface area (Å²) in [6.45, 7) is 4.19. The van der Waals surface area contributed by atoms with Crippen LogP contribution in [0.25, 0.3) is 21.5 Å². The maximum atomic E-state index is 14.9. The standard InChI is InChI=1S/C27H28FN3O6S2/c1-4-37-23-15-24(38-26(23)27(32)33)21-14-17(9-10-29-21)31(39(34,35)18-5-6-18)12-11-30-16(2)13-19-22(36-3)8-7-20(28)25(19)30/h7-10,13-15,18H,4-6,11-12H2,1-3H3,(H,32,33). The van der Waals surface area contributed by atoms with Crippen LogP contribution in [0, 0.1) is 12.7 Å². The number of rotatable bonds is 11. The highest BCUT2D eigenvalue weighted by atomic mass is 32.2. The third-order valence-corrected chi connectivity index (χ3v) is 10.1. The van der Waals surface area contributed by atoms with Gasteiger partial charge in [-0.05, 0) is 57.0 Å². The first kappa shape index (κ1) is 26.9. The number of hydrogen-bond acceptors (Lipinski definition) is 7. The molecule has 0 spiro atoms. The van der Waals surface area contributed by atoms with Gasteiger partial charge in [0.05, 0.1) is 47.3 Å². The van der Waals surface area contributed by atoms with E-state index in [2.05, 4.69) is 4.98 Å². The molecule has 1 aromatic carbocycles. The highest BCUT2D eigenvalue weighted by molar-refractivity contribution is 7.93. The van der Waals surface area contributed by atoms with E-state index < -0.39 is 27.1 Å². The number of aryl methyl sites for hydroxylation is 1. The van der Waals surface area contributed by atoms with Crippen LogP contribution in [0.2, 0.25) is 0 Å². The molecule has 1 saturated carbocycles. The number of pyridine rings is 1. The second-order valence-electron chi connectivity index (χ2n) is 9.21.